The topological polar surface area (TPSA) is 89.1 Å². The van der Waals surface area contributed by atoms with Crippen molar-refractivity contribution >= 4 is 17.2 Å². The molecule has 0 aliphatic carbocycles. The molecule has 0 saturated carbocycles. The number of carboxylic acid groups (broad SMARTS) is 1. The number of hydrogen-bond donors (Lipinski definition) is 1. The Morgan fingerprint density at radius 3 is 3.08 bits per heavy atom. The molecule has 0 aromatic carbocycles. The van der Waals surface area contributed by atoms with Crippen molar-refractivity contribution in [2.75, 3.05) is 0 Å². The van der Waals surface area contributed by atoms with Crippen molar-refractivity contribution in [1.29, 1.82) is 0 Å². The molecule has 0 atom stereocenters. The number of aryl methyl sites for hydroxylation is 1. The molecule has 6 heteroatoms. The molecule has 6 nitrogen and oxygen atoms in total. The van der Waals surface area contributed by atoms with Crippen LogP contribution < -0.4 is 0 Å². The van der Waals surface area contributed by atoms with Gasteiger partial charge in [0.1, 0.15) is 0 Å². The lowest BCUT2D eigenvalue weighted by molar-refractivity contribution is 0.0687. The normalized spacial score (nSPS) is 10.5. The maximum absolute atomic E-state index is 10.6. The van der Waals surface area contributed by atoms with Crippen LogP contribution in [0.3, 0.4) is 0 Å². The van der Waals surface area contributed by atoms with Crippen LogP contribution in [0.4, 0.5) is 0 Å². The summed E-state index contributed by atoms with van der Waals surface area (Å²) in [5.41, 5.74) is 0.750. The highest BCUT2D eigenvalue weighted by Gasteiger charge is 2.16. The second-order valence-electron chi connectivity index (χ2n) is 2.50. The van der Waals surface area contributed by atoms with E-state index in [4.69, 9.17) is 5.11 Å². The molecule has 0 fully saturated rings. The van der Waals surface area contributed by atoms with Gasteiger partial charge in [-0.2, -0.15) is 0 Å². The van der Waals surface area contributed by atoms with E-state index in [1.54, 1.807) is 6.92 Å². The number of aromatic carboxylic acids is 1. The van der Waals surface area contributed by atoms with E-state index in [-0.39, 0.29) is 16.9 Å². The lowest BCUT2D eigenvalue weighted by Crippen LogP contribution is -1.98. The van der Waals surface area contributed by atoms with Gasteiger partial charge in [-0.25, -0.2) is 14.8 Å². The summed E-state index contributed by atoms with van der Waals surface area (Å²) in [6, 6.07) is 0. The highest BCUT2D eigenvalue weighted by Crippen LogP contribution is 2.13. The van der Waals surface area contributed by atoms with Crippen LogP contribution in [0.25, 0.3) is 11.2 Å². The molecule has 66 valence electrons. The first-order chi connectivity index (χ1) is 6.18. The monoisotopic (exact) mass is 179 g/mol. The summed E-state index contributed by atoms with van der Waals surface area (Å²) in [5, 5.41) is 12.0. The molecule has 0 unspecified atom stereocenters. The van der Waals surface area contributed by atoms with E-state index in [2.05, 4.69) is 19.6 Å². The highest BCUT2D eigenvalue weighted by atomic mass is 16.5. The summed E-state index contributed by atoms with van der Waals surface area (Å²) in [6.45, 7) is 1.71. The van der Waals surface area contributed by atoms with E-state index >= 15 is 0 Å². The maximum Gasteiger partial charge on any atom is 0.360 e. The zero-order chi connectivity index (χ0) is 9.42. The smallest absolute Gasteiger partial charge is 0.360 e. The van der Waals surface area contributed by atoms with Crippen molar-refractivity contribution < 1.29 is 14.4 Å². The van der Waals surface area contributed by atoms with Crippen molar-refractivity contribution in [3.63, 3.8) is 0 Å². The van der Waals surface area contributed by atoms with Crippen LogP contribution in [-0.4, -0.2) is 26.2 Å². The molecule has 2 aromatic rings. The van der Waals surface area contributed by atoms with Crippen LogP contribution >= 0.6 is 0 Å². The van der Waals surface area contributed by atoms with Gasteiger partial charge >= 0.3 is 5.97 Å². The summed E-state index contributed by atoms with van der Waals surface area (Å²) in [4.78, 5) is 18.4. The first-order valence-electron chi connectivity index (χ1n) is 3.51. The number of hydrogen-bond acceptors (Lipinski definition) is 5. The number of carbonyl (C=O) groups is 1. The Morgan fingerprint density at radius 2 is 2.38 bits per heavy atom. The number of rotatable bonds is 1. The molecular weight excluding hydrogens is 174 g/mol. The quantitative estimate of drug-likeness (QED) is 0.690. The molecule has 13 heavy (non-hydrogen) atoms. The summed E-state index contributed by atoms with van der Waals surface area (Å²) >= 11 is 0. The number of carboxylic acids is 1. The zero-order valence-electron chi connectivity index (χ0n) is 6.68. The standard InChI is InChI=1S/C7H5N3O3/c1-3-2-8-6-4(9-3)5(7(11)12)10-13-6/h2H,1H3,(H,11,12). The van der Waals surface area contributed by atoms with E-state index in [1.807, 2.05) is 0 Å². The minimum absolute atomic E-state index is 0.142. The molecule has 0 spiro atoms. The molecule has 2 rings (SSSR count). The van der Waals surface area contributed by atoms with Gasteiger partial charge < -0.3 is 9.63 Å². The van der Waals surface area contributed by atoms with Gasteiger partial charge in [0, 0.05) is 0 Å². The average molecular weight is 179 g/mol. The van der Waals surface area contributed by atoms with Crippen LogP contribution in [0, 0.1) is 6.92 Å². The van der Waals surface area contributed by atoms with Gasteiger partial charge in [-0.1, -0.05) is 5.16 Å². The van der Waals surface area contributed by atoms with Gasteiger partial charge in [-0.3, -0.25) is 0 Å². The number of aromatic nitrogens is 3. The Balaban J connectivity index is 2.79. The zero-order valence-corrected chi connectivity index (χ0v) is 6.68. The Bertz CT molecular complexity index is 477. The van der Waals surface area contributed by atoms with E-state index in [1.165, 1.54) is 6.20 Å². The van der Waals surface area contributed by atoms with Gasteiger partial charge in [-0.15, -0.1) is 0 Å². The predicted molar refractivity (Wildman–Crippen MR) is 41.3 cm³/mol. The molecular formula is C7H5N3O3. The van der Waals surface area contributed by atoms with Crippen LogP contribution in [0.15, 0.2) is 10.7 Å². The summed E-state index contributed by atoms with van der Waals surface area (Å²) < 4.78 is 4.66. The van der Waals surface area contributed by atoms with Gasteiger partial charge in [0.15, 0.2) is 5.52 Å². The predicted octanol–water partition coefficient (Wildman–Crippen LogP) is 0.624. The van der Waals surface area contributed by atoms with Gasteiger partial charge in [-0.05, 0) is 6.92 Å². The van der Waals surface area contributed by atoms with E-state index in [9.17, 15) is 4.79 Å². The van der Waals surface area contributed by atoms with Crippen LogP contribution in [0.5, 0.6) is 0 Å². The molecule has 0 radical (unpaired) electrons. The lowest BCUT2D eigenvalue weighted by Gasteiger charge is -1.89. The molecule has 0 amide bonds. The Morgan fingerprint density at radius 1 is 1.62 bits per heavy atom. The third-order valence-electron chi connectivity index (χ3n) is 1.51. The summed E-state index contributed by atoms with van der Waals surface area (Å²) in [6.07, 6.45) is 1.49. The van der Waals surface area contributed by atoms with E-state index in [0.717, 1.165) is 0 Å². The van der Waals surface area contributed by atoms with E-state index < -0.39 is 5.97 Å². The lowest BCUT2D eigenvalue weighted by atomic mass is 10.3. The fraction of sp³-hybridized carbons (Fsp3) is 0.143. The van der Waals surface area contributed by atoms with Crippen molar-refractivity contribution in [3.05, 3.63) is 17.6 Å². The first kappa shape index (κ1) is 7.66. The SMILES string of the molecule is Cc1cnc2onc(C(=O)O)c2n1. The molecule has 0 aliphatic heterocycles. The summed E-state index contributed by atoms with van der Waals surface area (Å²) in [7, 11) is 0. The Hall–Kier alpha value is -1.98. The fourth-order valence-corrected chi connectivity index (χ4v) is 0.960. The highest BCUT2D eigenvalue weighted by molar-refractivity contribution is 5.97. The second-order valence-corrected chi connectivity index (χ2v) is 2.50. The van der Waals surface area contributed by atoms with Crippen LogP contribution in [-0.2, 0) is 0 Å². The van der Waals surface area contributed by atoms with Gasteiger partial charge in [0.05, 0.1) is 11.9 Å². The molecule has 1 N–H and O–H groups in total. The van der Waals surface area contributed by atoms with Crippen molar-refractivity contribution in [1.82, 2.24) is 15.1 Å². The first-order valence-corrected chi connectivity index (χ1v) is 3.51. The van der Waals surface area contributed by atoms with Crippen LogP contribution in [0.1, 0.15) is 16.2 Å². The maximum atomic E-state index is 10.6. The van der Waals surface area contributed by atoms with E-state index in [0.29, 0.717) is 5.69 Å². The van der Waals surface area contributed by atoms with Crippen molar-refractivity contribution in [2.24, 2.45) is 0 Å². The van der Waals surface area contributed by atoms with Gasteiger partial charge in [0.25, 0.3) is 5.71 Å². The second kappa shape index (κ2) is 2.51. The average Bonchev–Trinajstić information content (AvgIpc) is 2.46. The van der Waals surface area contributed by atoms with Gasteiger partial charge in [0.2, 0.25) is 5.69 Å². The molecule has 0 aliphatic rings. The Kier molecular flexibility index (Phi) is 1.48. The third-order valence-corrected chi connectivity index (χ3v) is 1.51. The molecule has 0 bridgehead atoms. The van der Waals surface area contributed by atoms with Crippen molar-refractivity contribution in [3.8, 4) is 0 Å². The minimum Gasteiger partial charge on any atom is -0.476 e. The molecule has 2 aromatic heterocycles. The van der Waals surface area contributed by atoms with Crippen LogP contribution in [0.2, 0.25) is 0 Å². The largest absolute Gasteiger partial charge is 0.476 e. The van der Waals surface area contributed by atoms with Crippen molar-refractivity contribution in [2.45, 2.75) is 6.92 Å². The minimum atomic E-state index is -1.17. The molecule has 0 saturated heterocycles. The number of fused-ring (bicyclic) bond motifs is 1. The number of nitrogens with zero attached hydrogens (tertiary/aromatic N) is 3. The Labute approximate surface area is 72.2 Å². The third kappa shape index (κ3) is 1.12. The summed E-state index contributed by atoms with van der Waals surface area (Å²) in [5.74, 6) is -1.17. The molecule has 2 heterocycles. The fourth-order valence-electron chi connectivity index (χ4n) is 0.960.